The van der Waals surface area contributed by atoms with Crippen LogP contribution in [0.2, 0.25) is 0 Å². The Morgan fingerprint density at radius 1 is 1.45 bits per heavy atom. The molecule has 0 aliphatic rings. The van der Waals surface area contributed by atoms with Crippen LogP contribution in [0.1, 0.15) is 19.2 Å². The molecule has 1 aromatic heterocycles. The number of carbonyl (C=O) groups excluding carboxylic acids is 2. The maximum Gasteiger partial charge on any atom is 0.321 e. The van der Waals surface area contributed by atoms with Crippen molar-refractivity contribution in [2.45, 2.75) is 32.0 Å². The fraction of sp³-hybridized carbons (Fsp3) is 0.500. The van der Waals surface area contributed by atoms with Gasteiger partial charge in [-0.05, 0) is 13.3 Å². The van der Waals surface area contributed by atoms with Gasteiger partial charge in [0, 0.05) is 13.1 Å². The van der Waals surface area contributed by atoms with E-state index >= 15 is 0 Å². The van der Waals surface area contributed by atoms with Gasteiger partial charge in [0.05, 0.1) is 5.75 Å². The molecule has 110 valence electrons. The summed E-state index contributed by atoms with van der Waals surface area (Å²) in [7, 11) is 0. The number of thioether (sulfide) groups is 1. The van der Waals surface area contributed by atoms with E-state index in [-0.39, 0.29) is 11.7 Å². The summed E-state index contributed by atoms with van der Waals surface area (Å²) in [5, 5.41) is 13.4. The summed E-state index contributed by atoms with van der Waals surface area (Å²) < 4.78 is 1.85. The van der Waals surface area contributed by atoms with E-state index in [1.807, 2.05) is 18.4 Å². The number of aromatic nitrogens is 3. The van der Waals surface area contributed by atoms with Crippen molar-refractivity contribution in [3.63, 3.8) is 0 Å². The van der Waals surface area contributed by atoms with Gasteiger partial charge in [-0.1, -0.05) is 24.8 Å². The molecule has 1 aromatic rings. The number of hydrogen-bond donors (Lipinski definition) is 2. The smallest absolute Gasteiger partial charge is 0.321 e. The summed E-state index contributed by atoms with van der Waals surface area (Å²) in [5.41, 5.74) is 0. The zero-order chi connectivity index (χ0) is 15.0. The molecule has 0 bridgehead atoms. The lowest BCUT2D eigenvalue weighted by Gasteiger charge is -2.06. The van der Waals surface area contributed by atoms with Crippen LogP contribution in [0.3, 0.4) is 0 Å². The lowest BCUT2D eigenvalue weighted by Crippen LogP contribution is -2.40. The fourth-order valence-electron chi connectivity index (χ4n) is 1.38. The number of urea groups is 1. The molecule has 0 aromatic carbocycles. The van der Waals surface area contributed by atoms with Crippen LogP contribution in [-0.2, 0) is 11.3 Å². The molecule has 8 heteroatoms. The number of nitrogens with one attached hydrogen (secondary N) is 2. The zero-order valence-electron chi connectivity index (χ0n) is 11.7. The maximum absolute atomic E-state index is 11.6. The lowest BCUT2D eigenvalue weighted by molar-refractivity contribution is -0.117. The molecule has 20 heavy (non-hydrogen) atoms. The second-order valence-corrected chi connectivity index (χ2v) is 4.96. The number of allylic oxidation sites excluding steroid dienone is 1. The monoisotopic (exact) mass is 297 g/mol. The largest absolute Gasteiger partial charge is 0.338 e. The van der Waals surface area contributed by atoms with Crippen LogP contribution in [0.15, 0.2) is 17.8 Å². The molecule has 0 unspecified atom stereocenters. The normalized spacial score (nSPS) is 10.1. The molecule has 7 nitrogen and oxygen atoms in total. The first-order chi connectivity index (χ1) is 9.58. The number of imide groups is 1. The molecule has 2 N–H and O–H groups in total. The van der Waals surface area contributed by atoms with Crippen LogP contribution >= 0.6 is 11.8 Å². The molecular formula is C12H19N5O2S. The van der Waals surface area contributed by atoms with Gasteiger partial charge in [0.15, 0.2) is 5.16 Å². The summed E-state index contributed by atoms with van der Waals surface area (Å²) in [6.07, 6.45) is 2.55. The molecule has 3 amide bonds. The first-order valence-corrected chi connectivity index (χ1v) is 7.28. The van der Waals surface area contributed by atoms with Crippen LogP contribution < -0.4 is 10.6 Å². The van der Waals surface area contributed by atoms with Crippen molar-refractivity contribution in [2.75, 3.05) is 12.3 Å². The molecule has 1 rings (SSSR count). The van der Waals surface area contributed by atoms with Gasteiger partial charge in [0.2, 0.25) is 5.91 Å². The Kier molecular flexibility index (Phi) is 6.78. The van der Waals surface area contributed by atoms with Gasteiger partial charge in [-0.3, -0.25) is 10.1 Å². The van der Waals surface area contributed by atoms with Gasteiger partial charge in [-0.15, -0.1) is 16.8 Å². The van der Waals surface area contributed by atoms with E-state index < -0.39 is 6.03 Å². The van der Waals surface area contributed by atoms with E-state index in [0.717, 1.165) is 12.2 Å². The van der Waals surface area contributed by atoms with Crippen LogP contribution in [-0.4, -0.2) is 39.0 Å². The van der Waals surface area contributed by atoms with E-state index in [1.54, 1.807) is 6.08 Å². The van der Waals surface area contributed by atoms with Crippen molar-refractivity contribution in [1.82, 2.24) is 25.4 Å². The SMILES string of the molecule is C=CCn1c(C)nnc1SCC(=O)NC(=O)NCCC. The second-order valence-electron chi connectivity index (χ2n) is 4.02. The van der Waals surface area contributed by atoms with Crippen molar-refractivity contribution in [1.29, 1.82) is 0 Å². The van der Waals surface area contributed by atoms with Crippen molar-refractivity contribution < 1.29 is 9.59 Å². The molecule has 1 heterocycles. The van der Waals surface area contributed by atoms with Crippen molar-refractivity contribution in [2.24, 2.45) is 0 Å². The molecule has 0 fully saturated rings. The first kappa shape index (κ1) is 16.2. The molecular weight excluding hydrogens is 278 g/mol. The number of nitrogens with zero attached hydrogens (tertiary/aromatic N) is 3. The Morgan fingerprint density at radius 2 is 2.20 bits per heavy atom. The van der Waals surface area contributed by atoms with Crippen molar-refractivity contribution in [3.05, 3.63) is 18.5 Å². The Labute approximate surface area is 122 Å². The number of carbonyl (C=O) groups is 2. The zero-order valence-corrected chi connectivity index (χ0v) is 12.5. The van der Waals surface area contributed by atoms with Gasteiger partial charge in [0.25, 0.3) is 0 Å². The third kappa shape index (κ3) is 5.04. The molecule has 0 saturated heterocycles. The standard InChI is InChI=1S/C12H19N5O2S/c1-4-6-13-11(19)14-10(18)8-20-12-16-15-9(3)17(12)7-5-2/h5H,2,4,6-8H2,1,3H3,(H2,13,14,18,19). The second kappa shape index (κ2) is 8.36. The van der Waals surface area contributed by atoms with Crippen molar-refractivity contribution >= 4 is 23.7 Å². The van der Waals surface area contributed by atoms with E-state index in [0.29, 0.717) is 18.2 Å². The highest BCUT2D eigenvalue weighted by molar-refractivity contribution is 7.99. The minimum absolute atomic E-state index is 0.106. The highest BCUT2D eigenvalue weighted by atomic mass is 32.2. The van der Waals surface area contributed by atoms with E-state index in [4.69, 9.17) is 0 Å². The van der Waals surface area contributed by atoms with Crippen LogP contribution in [0, 0.1) is 6.92 Å². The maximum atomic E-state index is 11.6. The highest BCUT2D eigenvalue weighted by Crippen LogP contribution is 2.16. The number of aryl methyl sites for hydroxylation is 1. The van der Waals surface area contributed by atoms with Gasteiger partial charge in [-0.2, -0.15) is 0 Å². The van der Waals surface area contributed by atoms with Crippen molar-refractivity contribution in [3.8, 4) is 0 Å². The first-order valence-electron chi connectivity index (χ1n) is 6.29. The predicted octanol–water partition coefficient (Wildman–Crippen LogP) is 1.10. The van der Waals surface area contributed by atoms with Crippen LogP contribution in [0.25, 0.3) is 0 Å². The Hall–Kier alpha value is -1.83. The molecule has 0 radical (unpaired) electrons. The highest BCUT2D eigenvalue weighted by Gasteiger charge is 2.12. The summed E-state index contributed by atoms with van der Waals surface area (Å²) in [6.45, 7) is 8.56. The molecule has 0 spiro atoms. The van der Waals surface area contributed by atoms with E-state index in [2.05, 4.69) is 27.4 Å². The summed E-state index contributed by atoms with van der Waals surface area (Å²) in [5.74, 6) is 0.498. The Balaban J connectivity index is 2.45. The molecule has 0 saturated carbocycles. The predicted molar refractivity (Wildman–Crippen MR) is 77.5 cm³/mol. The third-order valence-corrected chi connectivity index (χ3v) is 3.30. The average Bonchev–Trinajstić information content (AvgIpc) is 2.76. The van der Waals surface area contributed by atoms with E-state index in [9.17, 15) is 9.59 Å². The summed E-state index contributed by atoms with van der Waals surface area (Å²) in [6, 6.07) is -0.471. The number of rotatable bonds is 7. The minimum atomic E-state index is -0.471. The number of hydrogen-bond acceptors (Lipinski definition) is 5. The van der Waals surface area contributed by atoms with Gasteiger partial charge < -0.3 is 9.88 Å². The number of amides is 3. The minimum Gasteiger partial charge on any atom is -0.338 e. The van der Waals surface area contributed by atoms with E-state index in [1.165, 1.54) is 11.8 Å². The summed E-state index contributed by atoms with van der Waals surface area (Å²) >= 11 is 1.23. The Morgan fingerprint density at radius 3 is 2.85 bits per heavy atom. The lowest BCUT2D eigenvalue weighted by atomic mass is 10.5. The molecule has 0 aliphatic heterocycles. The average molecular weight is 297 g/mol. The Bertz CT molecular complexity index is 486. The summed E-state index contributed by atoms with van der Waals surface area (Å²) in [4.78, 5) is 22.9. The van der Waals surface area contributed by atoms with Crippen LogP contribution in [0.4, 0.5) is 4.79 Å². The van der Waals surface area contributed by atoms with Crippen LogP contribution in [0.5, 0.6) is 0 Å². The fourth-order valence-corrected chi connectivity index (χ4v) is 2.18. The quantitative estimate of drug-likeness (QED) is 0.581. The topological polar surface area (TPSA) is 88.9 Å². The molecule has 0 atom stereocenters. The third-order valence-electron chi connectivity index (χ3n) is 2.33. The molecule has 0 aliphatic carbocycles. The van der Waals surface area contributed by atoms with Gasteiger partial charge in [0.1, 0.15) is 5.82 Å². The van der Waals surface area contributed by atoms with Gasteiger partial charge in [-0.25, -0.2) is 4.79 Å². The van der Waals surface area contributed by atoms with Gasteiger partial charge >= 0.3 is 6.03 Å².